The third-order valence-corrected chi connectivity index (χ3v) is 3.96. The van der Waals surface area contributed by atoms with Gasteiger partial charge in [-0.15, -0.1) is 0 Å². The van der Waals surface area contributed by atoms with Gasteiger partial charge in [-0.25, -0.2) is 0 Å². The van der Waals surface area contributed by atoms with Crippen molar-refractivity contribution in [2.24, 2.45) is 5.73 Å². The smallest absolute Gasteiger partial charge is 0.220 e. The lowest BCUT2D eigenvalue weighted by atomic mass is 10.0. The van der Waals surface area contributed by atoms with Crippen molar-refractivity contribution in [3.63, 3.8) is 0 Å². The number of rotatable bonds is 11. The Bertz CT molecular complexity index is 337. The molecule has 0 heterocycles. The van der Waals surface area contributed by atoms with Crippen molar-refractivity contribution in [1.82, 2.24) is 10.2 Å². The van der Waals surface area contributed by atoms with Gasteiger partial charge in [-0.1, -0.05) is 32.6 Å². The number of nitrogens with zero attached hydrogens (tertiary/aromatic N) is 1. The first-order chi connectivity index (χ1) is 10.2. The standard InChI is InChI=1S/C17H35N3O2/c1-6-7-8-9-10-11-16(22)19-14(12-15(18)21)13-20(5)17(2,3)4/h14H,6-13H2,1-5H3,(H2,18,21)(H,19,22)/t14-/m1/s1. The molecule has 0 radical (unpaired) electrons. The SMILES string of the molecule is CCCCCCCC(=O)N[C@H](CC(N)=O)CN(C)C(C)(C)C. The van der Waals surface area contributed by atoms with Crippen LogP contribution in [0.5, 0.6) is 0 Å². The van der Waals surface area contributed by atoms with Gasteiger partial charge in [0.25, 0.3) is 0 Å². The van der Waals surface area contributed by atoms with Gasteiger partial charge in [0.1, 0.15) is 0 Å². The van der Waals surface area contributed by atoms with E-state index < -0.39 is 0 Å². The topological polar surface area (TPSA) is 75.4 Å². The molecule has 0 fully saturated rings. The first-order valence-corrected chi connectivity index (χ1v) is 8.45. The Kier molecular flexibility index (Phi) is 10.1. The van der Waals surface area contributed by atoms with Gasteiger partial charge in [0.05, 0.1) is 6.04 Å². The average Bonchev–Trinajstić information content (AvgIpc) is 2.36. The van der Waals surface area contributed by atoms with E-state index in [1.54, 1.807) is 0 Å². The molecule has 5 nitrogen and oxygen atoms in total. The summed E-state index contributed by atoms with van der Waals surface area (Å²) in [7, 11) is 1.99. The molecular weight excluding hydrogens is 278 g/mol. The van der Waals surface area contributed by atoms with Crippen LogP contribution in [0.25, 0.3) is 0 Å². The third-order valence-electron chi connectivity index (χ3n) is 3.96. The number of hydrogen-bond acceptors (Lipinski definition) is 3. The summed E-state index contributed by atoms with van der Waals surface area (Å²) in [6.07, 6.45) is 6.31. The highest BCUT2D eigenvalue weighted by Crippen LogP contribution is 2.12. The number of carbonyl (C=O) groups is 2. The van der Waals surface area contributed by atoms with Gasteiger partial charge in [0.2, 0.25) is 11.8 Å². The molecule has 0 aliphatic carbocycles. The lowest BCUT2D eigenvalue weighted by Crippen LogP contribution is -2.49. The van der Waals surface area contributed by atoms with E-state index in [9.17, 15) is 9.59 Å². The molecule has 5 heteroatoms. The van der Waals surface area contributed by atoms with Crippen LogP contribution in [0.15, 0.2) is 0 Å². The van der Waals surface area contributed by atoms with Crippen LogP contribution in [0.1, 0.15) is 72.6 Å². The normalized spacial score (nSPS) is 13.2. The van der Waals surface area contributed by atoms with Crippen LogP contribution < -0.4 is 11.1 Å². The highest BCUT2D eigenvalue weighted by atomic mass is 16.2. The molecule has 0 rings (SSSR count). The lowest BCUT2D eigenvalue weighted by Gasteiger charge is -2.34. The van der Waals surface area contributed by atoms with Crippen molar-refractivity contribution in [2.75, 3.05) is 13.6 Å². The Morgan fingerprint density at radius 3 is 2.23 bits per heavy atom. The molecular formula is C17H35N3O2. The maximum Gasteiger partial charge on any atom is 0.220 e. The number of likely N-dealkylation sites (N-methyl/N-ethyl adjacent to an activating group) is 1. The van der Waals surface area contributed by atoms with E-state index in [0.717, 1.165) is 12.8 Å². The molecule has 0 saturated heterocycles. The monoisotopic (exact) mass is 313 g/mol. The van der Waals surface area contributed by atoms with Crippen LogP contribution in [0.2, 0.25) is 0 Å². The molecule has 130 valence electrons. The average molecular weight is 313 g/mol. The fraction of sp³-hybridized carbons (Fsp3) is 0.882. The van der Waals surface area contributed by atoms with Crippen molar-refractivity contribution >= 4 is 11.8 Å². The maximum atomic E-state index is 12.0. The number of carbonyl (C=O) groups excluding carboxylic acids is 2. The van der Waals surface area contributed by atoms with Crippen LogP contribution >= 0.6 is 0 Å². The minimum absolute atomic E-state index is 0.0131. The molecule has 0 aromatic rings. The van der Waals surface area contributed by atoms with Crippen molar-refractivity contribution in [2.45, 2.75) is 84.2 Å². The van der Waals surface area contributed by atoms with Gasteiger partial charge in [-0.05, 0) is 34.2 Å². The molecule has 0 spiro atoms. The minimum atomic E-state index is -0.379. The van der Waals surface area contributed by atoms with Crippen molar-refractivity contribution < 1.29 is 9.59 Å². The highest BCUT2D eigenvalue weighted by Gasteiger charge is 2.23. The van der Waals surface area contributed by atoms with Gasteiger partial charge < -0.3 is 11.1 Å². The van der Waals surface area contributed by atoms with Crippen molar-refractivity contribution in [3.8, 4) is 0 Å². The van der Waals surface area contributed by atoms with Gasteiger partial charge in [-0.2, -0.15) is 0 Å². The fourth-order valence-electron chi connectivity index (χ4n) is 2.20. The summed E-state index contributed by atoms with van der Waals surface area (Å²) in [6, 6.07) is -0.218. The predicted octanol–water partition coefficient (Wildman–Crippen LogP) is 2.44. The molecule has 0 aromatic carbocycles. The first-order valence-electron chi connectivity index (χ1n) is 8.45. The largest absolute Gasteiger partial charge is 0.370 e. The number of nitrogens with two attached hydrogens (primary N) is 1. The van der Waals surface area contributed by atoms with Crippen LogP contribution in [0, 0.1) is 0 Å². The molecule has 0 bridgehead atoms. The van der Waals surface area contributed by atoms with E-state index in [2.05, 4.69) is 37.9 Å². The van der Waals surface area contributed by atoms with Crippen molar-refractivity contribution in [3.05, 3.63) is 0 Å². The van der Waals surface area contributed by atoms with Crippen LogP contribution in [0.4, 0.5) is 0 Å². The summed E-state index contributed by atoms with van der Waals surface area (Å²) in [5, 5.41) is 2.96. The number of amides is 2. The summed E-state index contributed by atoms with van der Waals surface area (Å²) in [4.78, 5) is 25.4. The molecule has 0 unspecified atom stereocenters. The van der Waals surface area contributed by atoms with Gasteiger partial charge >= 0.3 is 0 Å². The second-order valence-electron chi connectivity index (χ2n) is 7.15. The molecule has 0 aliphatic heterocycles. The van der Waals surface area contributed by atoms with E-state index in [-0.39, 0.29) is 29.8 Å². The predicted molar refractivity (Wildman–Crippen MR) is 91.5 cm³/mol. The second kappa shape index (κ2) is 10.6. The number of primary amides is 1. The van der Waals surface area contributed by atoms with E-state index in [1.807, 2.05) is 7.05 Å². The second-order valence-corrected chi connectivity index (χ2v) is 7.15. The maximum absolute atomic E-state index is 12.0. The van der Waals surface area contributed by atoms with Crippen LogP contribution in [-0.2, 0) is 9.59 Å². The van der Waals surface area contributed by atoms with Crippen LogP contribution in [-0.4, -0.2) is 41.9 Å². The Balaban J connectivity index is 4.28. The zero-order valence-electron chi connectivity index (χ0n) is 15.1. The number of hydrogen-bond donors (Lipinski definition) is 2. The minimum Gasteiger partial charge on any atom is -0.370 e. The molecule has 2 amide bonds. The Hall–Kier alpha value is -1.10. The Labute approximate surface area is 136 Å². The van der Waals surface area contributed by atoms with Gasteiger partial charge in [0, 0.05) is 24.9 Å². The summed E-state index contributed by atoms with van der Waals surface area (Å²) in [5.41, 5.74) is 5.29. The fourth-order valence-corrected chi connectivity index (χ4v) is 2.20. The summed E-state index contributed by atoms with van der Waals surface area (Å²) >= 11 is 0. The number of unbranched alkanes of at least 4 members (excludes halogenated alkanes) is 4. The molecule has 3 N–H and O–H groups in total. The highest BCUT2D eigenvalue weighted by molar-refractivity contribution is 5.78. The molecule has 0 saturated carbocycles. The lowest BCUT2D eigenvalue weighted by molar-refractivity contribution is -0.123. The Morgan fingerprint density at radius 2 is 1.73 bits per heavy atom. The van der Waals surface area contributed by atoms with Crippen LogP contribution in [0.3, 0.4) is 0 Å². The van der Waals surface area contributed by atoms with E-state index in [1.165, 1.54) is 19.3 Å². The molecule has 0 aliphatic rings. The zero-order chi connectivity index (χ0) is 17.2. The molecule has 22 heavy (non-hydrogen) atoms. The van der Waals surface area contributed by atoms with Crippen molar-refractivity contribution in [1.29, 1.82) is 0 Å². The summed E-state index contributed by atoms with van der Waals surface area (Å²) in [6.45, 7) is 9.10. The number of nitrogens with one attached hydrogen (secondary N) is 1. The Morgan fingerprint density at radius 1 is 1.14 bits per heavy atom. The third kappa shape index (κ3) is 10.6. The molecule has 0 aromatic heterocycles. The summed E-state index contributed by atoms with van der Waals surface area (Å²) in [5.74, 6) is -0.361. The van der Waals surface area contributed by atoms with E-state index in [4.69, 9.17) is 5.73 Å². The molecule has 1 atom stereocenters. The quantitative estimate of drug-likeness (QED) is 0.575. The first kappa shape index (κ1) is 20.9. The van der Waals surface area contributed by atoms with Gasteiger partial charge in [0.15, 0.2) is 0 Å². The zero-order valence-corrected chi connectivity index (χ0v) is 15.1. The summed E-state index contributed by atoms with van der Waals surface area (Å²) < 4.78 is 0. The van der Waals surface area contributed by atoms with Gasteiger partial charge in [-0.3, -0.25) is 14.5 Å². The van der Waals surface area contributed by atoms with E-state index >= 15 is 0 Å². The van der Waals surface area contributed by atoms with E-state index in [0.29, 0.717) is 13.0 Å².